The standard InChI is InChI=1S/C19H19F2N5O2.C2HF3O2/c20-17(21)15(13-4-3-6-22-12-13)23-18(27)16-14-5-1-2-7-26(14)19(24-16)25-8-10-28-11-9-25;3-2(4,5)1(6)7/h1-7,12,15,17H,8-11H2,(H,23,27);(H,6,7)/p+1. The number of H-pyrrole nitrogens is 2. The second kappa shape index (κ2) is 11.1. The maximum absolute atomic E-state index is 13.6. The molecule has 1 atom stereocenters. The van der Waals surface area contributed by atoms with Gasteiger partial charge in [-0.2, -0.15) is 13.2 Å². The van der Waals surface area contributed by atoms with Crippen LogP contribution in [0.1, 0.15) is 22.1 Å². The van der Waals surface area contributed by atoms with E-state index in [0.29, 0.717) is 37.4 Å². The molecule has 9 nitrogen and oxygen atoms in total. The van der Waals surface area contributed by atoms with Gasteiger partial charge in [0, 0.05) is 11.6 Å². The zero-order valence-electron chi connectivity index (χ0n) is 18.0. The third kappa shape index (κ3) is 6.41. The number of carbonyl (C=O) groups excluding carboxylic acids is 2. The number of carboxylic acids is 1. The predicted molar refractivity (Wildman–Crippen MR) is 107 cm³/mol. The van der Waals surface area contributed by atoms with Crippen molar-refractivity contribution in [1.29, 1.82) is 0 Å². The van der Waals surface area contributed by atoms with Gasteiger partial charge in [0.1, 0.15) is 12.0 Å². The Bertz CT molecular complexity index is 1150. The van der Waals surface area contributed by atoms with Gasteiger partial charge in [-0.15, -0.1) is 0 Å². The molecule has 3 N–H and O–H groups in total. The van der Waals surface area contributed by atoms with Crippen LogP contribution in [-0.2, 0) is 9.53 Å². The van der Waals surface area contributed by atoms with Gasteiger partial charge in [0.25, 0.3) is 12.3 Å². The van der Waals surface area contributed by atoms with Gasteiger partial charge < -0.3 is 20.0 Å². The number of aromatic nitrogens is 3. The van der Waals surface area contributed by atoms with Crippen LogP contribution in [-0.4, -0.2) is 55.8 Å². The first-order chi connectivity index (χ1) is 16.6. The second-order valence-corrected chi connectivity index (χ2v) is 7.29. The molecule has 0 aliphatic carbocycles. The summed E-state index contributed by atoms with van der Waals surface area (Å²) in [6.45, 7) is 2.54. The van der Waals surface area contributed by atoms with Crippen LogP contribution in [0.2, 0.25) is 0 Å². The summed E-state index contributed by atoms with van der Waals surface area (Å²) in [5, 5.41) is 11.2. The molecular formula is C21H21F5N5O4+. The van der Waals surface area contributed by atoms with Crippen molar-refractivity contribution in [2.45, 2.75) is 18.6 Å². The zero-order chi connectivity index (χ0) is 25.6. The van der Waals surface area contributed by atoms with Gasteiger partial charge in [0.2, 0.25) is 5.69 Å². The molecule has 0 aromatic carbocycles. The Labute approximate surface area is 195 Å². The van der Waals surface area contributed by atoms with Crippen molar-refractivity contribution in [3.8, 4) is 0 Å². The van der Waals surface area contributed by atoms with E-state index in [1.165, 1.54) is 6.20 Å². The molecule has 1 aliphatic rings. The van der Waals surface area contributed by atoms with Crippen LogP contribution >= 0.6 is 0 Å². The summed E-state index contributed by atoms with van der Waals surface area (Å²) in [6.07, 6.45) is -3.02. The van der Waals surface area contributed by atoms with E-state index in [1.807, 2.05) is 16.7 Å². The van der Waals surface area contributed by atoms with E-state index in [2.05, 4.69) is 20.2 Å². The number of hydrogen-bond acceptors (Lipinski definition) is 5. The predicted octanol–water partition coefficient (Wildman–Crippen LogP) is 0.439. The smallest absolute Gasteiger partial charge is 0.430 e. The average Bonchev–Trinajstić information content (AvgIpc) is 3.23. The number of halogens is 5. The molecule has 0 spiro atoms. The van der Waals surface area contributed by atoms with Gasteiger partial charge in [0.05, 0.1) is 32.5 Å². The van der Waals surface area contributed by atoms with Crippen LogP contribution in [0.3, 0.4) is 0 Å². The Morgan fingerprint density at radius 1 is 1.17 bits per heavy atom. The number of morpholine rings is 1. The summed E-state index contributed by atoms with van der Waals surface area (Å²) in [6, 6.07) is 7.20. The highest BCUT2D eigenvalue weighted by molar-refractivity contribution is 5.98. The van der Waals surface area contributed by atoms with Crippen molar-refractivity contribution < 1.29 is 50.8 Å². The lowest BCUT2D eigenvalue weighted by atomic mass is 10.1. The van der Waals surface area contributed by atoms with Crippen molar-refractivity contribution in [3.63, 3.8) is 0 Å². The fourth-order valence-corrected chi connectivity index (χ4v) is 3.35. The lowest BCUT2D eigenvalue weighted by Crippen LogP contribution is -2.41. The summed E-state index contributed by atoms with van der Waals surface area (Å²) in [5.41, 5.74) is 1.17. The Balaban J connectivity index is 0.000000429. The van der Waals surface area contributed by atoms with Crippen LogP contribution < -0.4 is 24.7 Å². The Kier molecular flexibility index (Phi) is 8.17. The van der Waals surface area contributed by atoms with E-state index in [4.69, 9.17) is 14.6 Å². The topological polar surface area (TPSA) is 116 Å². The van der Waals surface area contributed by atoms with Crippen molar-refractivity contribution in [2.75, 3.05) is 31.2 Å². The highest BCUT2D eigenvalue weighted by Crippen LogP contribution is 2.21. The molecule has 1 fully saturated rings. The summed E-state index contributed by atoms with van der Waals surface area (Å²) in [7, 11) is 0. The van der Waals surface area contributed by atoms with Crippen LogP contribution in [0.5, 0.6) is 0 Å². The molecule has 1 amide bonds. The Morgan fingerprint density at radius 2 is 1.86 bits per heavy atom. The second-order valence-electron chi connectivity index (χ2n) is 7.29. The van der Waals surface area contributed by atoms with Gasteiger partial charge in [-0.05, 0) is 18.2 Å². The van der Waals surface area contributed by atoms with E-state index in [-0.39, 0.29) is 5.69 Å². The van der Waals surface area contributed by atoms with Gasteiger partial charge in [-0.25, -0.2) is 23.1 Å². The first-order valence-electron chi connectivity index (χ1n) is 10.3. The summed E-state index contributed by atoms with van der Waals surface area (Å²) < 4.78 is 66.0. The highest BCUT2D eigenvalue weighted by Gasteiger charge is 2.32. The number of nitrogens with one attached hydrogen (secondary N) is 3. The molecule has 14 heteroatoms. The monoisotopic (exact) mass is 502 g/mol. The number of aliphatic carboxylic acids is 1. The first-order valence-corrected chi connectivity index (χ1v) is 10.3. The number of carbonyl (C=O) groups is 2. The van der Waals surface area contributed by atoms with E-state index < -0.39 is 30.5 Å². The molecule has 35 heavy (non-hydrogen) atoms. The molecule has 1 saturated heterocycles. The minimum atomic E-state index is -5.19. The maximum Gasteiger partial charge on any atom is 0.430 e. The lowest BCUT2D eigenvalue weighted by molar-refractivity contribution is -0.497. The normalized spacial score (nSPS) is 14.9. The number of carboxylic acid groups (broad SMARTS) is 1. The fourth-order valence-electron chi connectivity index (χ4n) is 3.35. The number of ether oxygens (including phenoxy) is 1. The zero-order valence-corrected chi connectivity index (χ0v) is 18.0. The molecule has 3 aromatic rings. The molecule has 188 valence electrons. The van der Waals surface area contributed by atoms with Gasteiger partial charge >= 0.3 is 12.1 Å². The van der Waals surface area contributed by atoms with Crippen LogP contribution in [0.4, 0.5) is 27.9 Å². The number of pyridine rings is 2. The summed E-state index contributed by atoms with van der Waals surface area (Å²) in [4.78, 5) is 29.7. The first kappa shape index (κ1) is 25.8. The average molecular weight is 502 g/mol. The molecule has 1 unspecified atom stereocenters. The van der Waals surface area contributed by atoms with Crippen molar-refractivity contribution in [3.05, 3.63) is 60.2 Å². The van der Waals surface area contributed by atoms with E-state index in [0.717, 1.165) is 5.95 Å². The Morgan fingerprint density at radius 3 is 2.43 bits per heavy atom. The molecule has 4 heterocycles. The number of imidazole rings is 1. The molecular weight excluding hydrogens is 481 g/mol. The summed E-state index contributed by atoms with van der Waals surface area (Å²) >= 11 is 0. The van der Waals surface area contributed by atoms with E-state index in [1.54, 1.807) is 30.5 Å². The third-order valence-corrected chi connectivity index (χ3v) is 4.98. The summed E-state index contributed by atoms with van der Waals surface area (Å²) in [5.74, 6) is -2.87. The van der Waals surface area contributed by atoms with Crippen LogP contribution in [0, 0.1) is 0 Å². The number of fused-ring (bicyclic) bond motifs is 1. The minimum Gasteiger partial charge on any atom is -0.542 e. The van der Waals surface area contributed by atoms with E-state index >= 15 is 0 Å². The number of alkyl halides is 5. The molecule has 3 aromatic heterocycles. The number of nitrogens with zero attached hydrogens (tertiary/aromatic N) is 2. The Hall–Kier alpha value is -3.81. The molecule has 4 rings (SSSR count). The van der Waals surface area contributed by atoms with Crippen molar-refractivity contribution >= 4 is 23.3 Å². The lowest BCUT2D eigenvalue weighted by Gasteiger charge is -2.21. The van der Waals surface area contributed by atoms with Crippen molar-refractivity contribution in [1.82, 2.24) is 10.3 Å². The van der Waals surface area contributed by atoms with Gasteiger partial charge in [-0.1, -0.05) is 6.07 Å². The molecule has 1 aliphatic heterocycles. The number of hydrogen-bond donors (Lipinski definition) is 2. The van der Waals surface area contributed by atoms with Crippen LogP contribution in [0.25, 0.3) is 5.52 Å². The molecule has 0 saturated carbocycles. The van der Waals surface area contributed by atoms with Crippen LogP contribution in [0.15, 0.2) is 48.9 Å². The molecule has 0 radical (unpaired) electrons. The number of rotatable bonds is 5. The highest BCUT2D eigenvalue weighted by atomic mass is 19.4. The SMILES string of the molecule is O=C(NC(c1ccc[nH+]c1)C(F)F)c1[nH]c(N2CCOCC2)[n+]2ccccc12.O=C([O-])C(F)(F)F. The van der Waals surface area contributed by atoms with Gasteiger partial charge in [0.15, 0.2) is 17.9 Å². The number of aromatic amines is 2. The largest absolute Gasteiger partial charge is 0.542 e. The number of amides is 1. The molecule has 0 bridgehead atoms. The van der Waals surface area contributed by atoms with E-state index in [9.17, 15) is 26.7 Å². The number of anilines is 1. The van der Waals surface area contributed by atoms with Crippen molar-refractivity contribution in [2.24, 2.45) is 0 Å². The maximum atomic E-state index is 13.6. The fraction of sp³-hybridized carbons (Fsp3) is 0.333. The third-order valence-electron chi connectivity index (χ3n) is 4.98. The van der Waals surface area contributed by atoms with Gasteiger partial charge in [-0.3, -0.25) is 9.69 Å². The minimum absolute atomic E-state index is 0.243. The quantitative estimate of drug-likeness (QED) is 0.388.